The number of imidazole rings is 1. The molecule has 3 aromatic rings. The van der Waals surface area contributed by atoms with Crippen LogP contribution in [0.5, 0.6) is 0 Å². The molecule has 0 radical (unpaired) electrons. The summed E-state index contributed by atoms with van der Waals surface area (Å²) in [5, 5.41) is 15.2. The first kappa shape index (κ1) is 16.5. The number of nitrogens with zero attached hydrogens (tertiary/aromatic N) is 1. The van der Waals surface area contributed by atoms with E-state index in [-0.39, 0.29) is 11.9 Å². The summed E-state index contributed by atoms with van der Waals surface area (Å²) in [6.45, 7) is 1.68. The van der Waals surface area contributed by atoms with Crippen LogP contribution in [-0.4, -0.2) is 38.9 Å². The molecule has 0 aliphatic carbocycles. The van der Waals surface area contributed by atoms with Crippen LogP contribution in [0.15, 0.2) is 59.9 Å². The Morgan fingerprint density at radius 3 is 2.83 bits per heavy atom. The van der Waals surface area contributed by atoms with Crippen LogP contribution in [0.25, 0.3) is 10.8 Å². The van der Waals surface area contributed by atoms with Crippen LogP contribution in [0.4, 0.5) is 0 Å². The molecule has 0 spiro atoms. The Morgan fingerprint density at radius 1 is 1.29 bits per heavy atom. The fraction of sp³-hybridized carbons (Fsp3) is 0.222. The summed E-state index contributed by atoms with van der Waals surface area (Å²) in [4.78, 5) is 19.9. The lowest BCUT2D eigenvalue weighted by Crippen LogP contribution is -2.44. The fourth-order valence-corrected chi connectivity index (χ4v) is 3.67. The Balaban J connectivity index is 1.71. The van der Waals surface area contributed by atoms with E-state index in [1.807, 2.05) is 18.2 Å². The third-order valence-electron chi connectivity index (χ3n) is 3.80. The molecule has 5 nitrogen and oxygen atoms in total. The van der Waals surface area contributed by atoms with E-state index in [4.69, 9.17) is 0 Å². The minimum atomic E-state index is -0.657. The van der Waals surface area contributed by atoms with Gasteiger partial charge in [-0.05, 0) is 23.8 Å². The van der Waals surface area contributed by atoms with Gasteiger partial charge >= 0.3 is 0 Å². The number of carbonyl (C=O) groups is 1. The van der Waals surface area contributed by atoms with E-state index in [2.05, 4.69) is 39.6 Å². The number of aliphatic hydroxyl groups is 1. The number of amides is 1. The number of hydrogen-bond acceptors (Lipinski definition) is 4. The Kier molecular flexibility index (Phi) is 5.17. The largest absolute Gasteiger partial charge is 0.391 e. The Morgan fingerprint density at radius 2 is 2.08 bits per heavy atom. The zero-order valence-electron chi connectivity index (χ0n) is 13.3. The molecule has 124 valence electrons. The average molecular weight is 341 g/mol. The summed E-state index contributed by atoms with van der Waals surface area (Å²) in [5.41, 5.74) is 0.316. The van der Waals surface area contributed by atoms with Gasteiger partial charge in [-0.15, -0.1) is 11.8 Å². The van der Waals surface area contributed by atoms with Gasteiger partial charge in [0.15, 0.2) is 0 Å². The Labute approximate surface area is 144 Å². The third kappa shape index (κ3) is 3.77. The molecule has 0 bridgehead atoms. The van der Waals surface area contributed by atoms with Crippen molar-refractivity contribution in [3.05, 3.63) is 60.7 Å². The van der Waals surface area contributed by atoms with Crippen molar-refractivity contribution in [2.45, 2.75) is 24.0 Å². The van der Waals surface area contributed by atoms with Crippen molar-refractivity contribution in [2.24, 2.45) is 0 Å². The minimum absolute atomic E-state index is 0.291. The maximum absolute atomic E-state index is 12.1. The number of hydrogen-bond donors (Lipinski definition) is 3. The van der Waals surface area contributed by atoms with E-state index < -0.39 is 6.10 Å². The van der Waals surface area contributed by atoms with Gasteiger partial charge in [0.2, 0.25) is 0 Å². The lowest BCUT2D eigenvalue weighted by Gasteiger charge is -2.21. The molecule has 3 rings (SSSR count). The predicted molar refractivity (Wildman–Crippen MR) is 96.2 cm³/mol. The van der Waals surface area contributed by atoms with Gasteiger partial charge in [0.1, 0.15) is 5.69 Å². The van der Waals surface area contributed by atoms with Gasteiger partial charge in [0.05, 0.1) is 18.5 Å². The highest BCUT2D eigenvalue weighted by Gasteiger charge is 2.20. The molecule has 0 unspecified atom stereocenters. The molecule has 2 atom stereocenters. The predicted octanol–water partition coefficient (Wildman–Crippen LogP) is 2.83. The van der Waals surface area contributed by atoms with Crippen molar-refractivity contribution < 1.29 is 9.90 Å². The molecule has 24 heavy (non-hydrogen) atoms. The number of aromatic nitrogens is 2. The summed E-state index contributed by atoms with van der Waals surface area (Å²) in [5.74, 6) is 0.280. The van der Waals surface area contributed by atoms with Crippen LogP contribution in [0, 0.1) is 0 Å². The average Bonchev–Trinajstić information content (AvgIpc) is 3.13. The van der Waals surface area contributed by atoms with Crippen LogP contribution in [0.3, 0.4) is 0 Å². The number of aliphatic hydroxyl groups excluding tert-OH is 1. The molecule has 1 heterocycles. The standard InChI is InChI=1S/C18H19N3O2S/c1-12(22)16(21-18(23)15-9-19-11-20-15)10-24-17-8-4-6-13-5-2-3-7-14(13)17/h2-9,11-12,16,22H,10H2,1H3,(H,19,20)(H,21,23)/t12-,16-/m0/s1. The van der Waals surface area contributed by atoms with Gasteiger partial charge in [-0.2, -0.15) is 0 Å². The first-order valence-electron chi connectivity index (χ1n) is 7.73. The number of thioether (sulfide) groups is 1. The second-order valence-electron chi connectivity index (χ2n) is 5.56. The van der Waals surface area contributed by atoms with Crippen molar-refractivity contribution in [3.63, 3.8) is 0 Å². The van der Waals surface area contributed by atoms with E-state index >= 15 is 0 Å². The molecule has 3 N–H and O–H groups in total. The van der Waals surface area contributed by atoms with Gasteiger partial charge in [-0.25, -0.2) is 4.98 Å². The molecule has 6 heteroatoms. The molecule has 0 saturated carbocycles. The Bertz CT molecular complexity index is 813. The number of H-pyrrole nitrogens is 1. The van der Waals surface area contributed by atoms with Crippen LogP contribution in [0.1, 0.15) is 17.4 Å². The maximum Gasteiger partial charge on any atom is 0.271 e. The monoisotopic (exact) mass is 341 g/mol. The molecular weight excluding hydrogens is 322 g/mol. The molecule has 1 amide bonds. The van der Waals surface area contributed by atoms with Crippen molar-refractivity contribution >= 4 is 28.4 Å². The van der Waals surface area contributed by atoms with E-state index in [0.29, 0.717) is 11.4 Å². The highest BCUT2D eigenvalue weighted by molar-refractivity contribution is 7.99. The SMILES string of the molecule is C[C@H](O)[C@H](CSc1cccc2ccccc12)NC(=O)c1c[nH]cn1. The van der Waals surface area contributed by atoms with E-state index in [1.165, 1.54) is 23.3 Å². The van der Waals surface area contributed by atoms with Crippen LogP contribution < -0.4 is 5.32 Å². The molecule has 0 aliphatic heterocycles. The van der Waals surface area contributed by atoms with Crippen molar-refractivity contribution in [3.8, 4) is 0 Å². The van der Waals surface area contributed by atoms with E-state index in [9.17, 15) is 9.90 Å². The van der Waals surface area contributed by atoms with Gasteiger partial charge in [-0.3, -0.25) is 4.79 Å². The van der Waals surface area contributed by atoms with Gasteiger partial charge in [-0.1, -0.05) is 36.4 Å². The normalized spacial score (nSPS) is 13.6. The first-order chi connectivity index (χ1) is 11.6. The third-order valence-corrected chi connectivity index (χ3v) is 4.99. The highest BCUT2D eigenvalue weighted by atomic mass is 32.2. The zero-order valence-corrected chi connectivity index (χ0v) is 14.1. The van der Waals surface area contributed by atoms with Crippen LogP contribution in [-0.2, 0) is 0 Å². The smallest absolute Gasteiger partial charge is 0.271 e. The lowest BCUT2D eigenvalue weighted by molar-refractivity contribution is 0.0872. The van der Waals surface area contributed by atoms with Crippen molar-refractivity contribution in [1.82, 2.24) is 15.3 Å². The number of rotatable bonds is 6. The van der Waals surface area contributed by atoms with Gasteiger partial charge in [0.25, 0.3) is 5.91 Å². The van der Waals surface area contributed by atoms with E-state index in [0.717, 1.165) is 4.90 Å². The van der Waals surface area contributed by atoms with Crippen LogP contribution in [0.2, 0.25) is 0 Å². The topological polar surface area (TPSA) is 78.0 Å². The first-order valence-corrected chi connectivity index (χ1v) is 8.72. The van der Waals surface area contributed by atoms with Gasteiger partial charge < -0.3 is 15.4 Å². The van der Waals surface area contributed by atoms with Crippen molar-refractivity contribution in [2.75, 3.05) is 5.75 Å². The molecule has 2 aromatic carbocycles. The van der Waals surface area contributed by atoms with Crippen molar-refractivity contribution in [1.29, 1.82) is 0 Å². The summed E-state index contributed by atoms with van der Waals surface area (Å²) in [6.07, 6.45) is 2.33. The number of aromatic amines is 1. The second kappa shape index (κ2) is 7.51. The van der Waals surface area contributed by atoms with Crippen LogP contribution >= 0.6 is 11.8 Å². The van der Waals surface area contributed by atoms with Gasteiger partial charge in [0, 0.05) is 16.8 Å². The summed E-state index contributed by atoms with van der Waals surface area (Å²) >= 11 is 1.62. The number of carbonyl (C=O) groups excluding carboxylic acids is 1. The number of benzene rings is 2. The molecule has 1 aromatic heterocycles. The molecule has 0 fully saturated rings. The molecule has 0 aliphatic rings. The summed E-state index contributed by atoms with van der Waals surface area (Å²) < 4.78 is 0. The minimum Gasteiger partial charge on any atom is -0.391 e. The van der Waals surface area contributed by atoms with E-state index in [1.54, 1.807) is 18.7 Å². The molecule has 0 saturated heterocycles. The highest BCUT2D eigenvalue weighted by Crippen LogP contribution is 2.28. The summed E-state index contributed by atoms with van der Waals surface area (Å²) in [7, 11) is 0. The zero-order chi connectivity index (χ0) is 16.9. The second-order valence-corrected chi connectivity index (χ2v) is 6.63. The molecular formula is C18H19N3O2S. The lowest BCUT2D eigenvalue weighted by atomic mass is 10.1. The number of nitrogens with one attached hydrogen (secondary N) is 2. The fourth-order valence-electron chi connectivity index (χ4n) is 2.43. The number of fused-ring (bicyclic) bond motifs is 1. The maximum atomic E-state index is 12.1. The summed E-state index contributed by atoms with van der Waals surface area (Å²) in [6, 6.07) is 14.0. The quantitative estimate of drug-likeness (QED) is 0.603. The Hall–Kier alpha value is -2.31.